The van der Waals surface area contributed by atoms with Crippen LogP contribution >= 0.6 is 0 Å². The minimum absolute atomic E-state index is 0.108. The number of hydrogen-bond donors (Lipinski definition) is 3. The summed E-state index contributed by atoms with van der Waals surface area (Å²) in [6, 6.07) is 2.10. The van der Waals surface area contributed by atoms with Crippen molar-refractivity contribution in [3.8, 4) is 0 Å². The van der Waals surface area contributed by atoms with Crippen LogP contribution in [0.2, 0.25) is 0 Å². The van der Waals surface area contributed by atoms with E-state index in [0.717, 1.165) is 19.3 Å². The number of nitrogens with one attached hydrogen (secondary N) is 3. The van der Waals surface area contributed by atoms with E-state index in [4.69, 9.17) is 0 Å². The Labute approximate surface area is 114 Å². The second-order valence-electron chi connectivity index (χ2n) is 4.90. The van der Waals surface area contributed by atoms with Gasteiger partial charge >= 0.3 is 5.69 Å². The molecule has 20 heavy (non-hydrogen) atoms. The first-order chi connectivity index (χ1) is 9.72. The molecule has 0 bridgehead atoms. The third-order valence-electron chi connectivity index (χ3n) is 3.14. The van der Waals surface area contributed by atoms with Crippen molar-refractivity contribution < 1.29 is 4.79 Å². The number of carbonyl (C=O) groups is 1. The molecule has 0 saturated heterocycles. The summed E-state index contributed by atoms with van der Waals surface area (Å²) in [7, 11) is 0. The Morgan fingerprint density at radius 2 is 2.35 bits per heavy atom. The number of nitrogens with zero attached hydrogens (tertiary/aromatic N) is 3. The maximum Gasteiger partial charge on any atom is 0.348 e. The van der Waals surface area contributed by atoms with Gasteiger partial charge in [-0.2, -0.15) is 5.10 Å². The van der Waals surface area contributed by atoms with Crippen LogP contribution in [0.15, 0.2) is 17.2 Å². The number of rotatable bonds is 6. The fraction of sp³-hybridized carbons (Fsp3) is 0.500. The molecule has 0 atom stereocenters. The predicted octanol–water partition coefficient (Wildman–Crippen LogP) is -0.112. The van der Waals surface area contributed by atoms with Crippen LogP contribution in [0, 0.1) is 0 Å². The van der Waals surface area contributed by atoms with Crippen molar-refractivity contribution in [2.75, 3.05) is 11.9 Å². The van der Waals surface area contributed by atoms with Crippen molar-refractivity contribution in [1.82, 2.24) is 24.9 Å². The van der Waals surface area contributed by atoms with Crippen molar-refractivity contribution in [2.45, 2.75) is 31.7 Å². The number of H-pyrrole nitrogens is 1. The topological polar surface area (TPSA) is 104 Å². The number of amides is 1. The molecule has 106 valence electrons. The summed E-state index contributed by atoms with van der Waals surface area (Å²) in [6.45, 7) is 0.649. The van der Waals surface area contributed by atoms with E-state index in [1.807, 2.05) is 0 Å². The molecular weight excluding hydrogens is 260 g/mol. The highest BCUT2D eigenvalue weighted by molar-refractivity contribution is 5.76. The molecule has 1 aliphatic carbocycles. The number of aromatic nitrogens is 4. The van der Waals surface area contributed by atoms with Gasteiger partial charge in [0.2, 0.25) is 5.91 Å². The van der Waals surface area contributed by atoms with Gasteiger partial charge in [-0.1, -0.05) is 0 Å². The lowest BCUT2D eigenvalue weighted by atomic mass is 10.3. The largest absolute Gasteiger partial charge is 0.370 e. The molecule has 0 aromatic carbocycles. The zero-order valence-corrected chi connectivity index (χ0v) is 10.9. The lowest BCUT2D eigenvalue weighted by molar-refractivity contribution is -0.121. The fourth-order valence-corrected chi connectivity index (χ4v) is 1.90. The minimum Gasteiger partial charge on any atom is -0.370 e. The molecule has 8 nitrogen and oxygen atoms in total. The molecule has 8 heteroatoms. The Hall–Kier alpha value is -2.38. The van der Waals surface area contributed by atoms with Gasteiger partial charge in [0.25, 0.3) is 0 Å². The molecule has 0 spiro atoms. The number of aromatic amines is 1. The van der Waals surface area contributed by atoms with Crippen LogP contribution in [0.25, 0.3) is 5.65 Å². The van der Waals surface area contributed by atoms with Crippen molar-refractivity contribution in [1.29, 1.82) is 0 Å². The lowest BCUT2D eigenvalue weighted by Gasteiger charge is -2.05. The van der Waals surface area contributed by atoms with E-state index in [1.165, 1.54) is 10.7 Å². The van der Waals surface area contributed by atoms with Crippen LogP contribution in [0.1, 0.15) is 25.7 Å². The summed E-state index contributed by atoms with van der Waals surface area (Å²) in [4.78, 5) is 26.8. The van der Waals surface area contributed by atoms with E-state index < -0.39 is 0 Å². The molecule has 0 radical (unpaired) electrons. The molecule has 1 fully saturated rings. The van der Waals surface area contributed by atoms with E-state index >= 15 is 0 Å². The molecule has 2 aromatic rings. The lowest BCUT2D eigenvalue weighted by Crippen LogP contribution is -2.25. The van der Waals surface area contributed by atoms with Crippen LogP contribution in [0.3, 0.4) is 0 Å². The van der Waals surface area contributed by atoms with Gasteiger partial charge in [0, 0.05) is 25.1 Å². The maximum atomic E-state index is 11.5. The van der Waals surface area contributed by atoms with Gasteiger partial charge in [0.15, 0.2) is 5.65 Å². The zero-order chi connectivity index (χ0) is 13.9. The van der Waals surface area contributed by atoms with Gasteiger partial charge in [-0.05, 0) is 19.3 Å². The smallest absolute Gasteiger partial charge is 0.348 e. The van der Waals surface area contributed by atoms with E-state index in [1.54, 1.807) is 6.07 Å². The van der Waals surface area contributed by atoms with Crippen LogP contribution in [-0.4, -0.2) is 38.1 Å². The Morgan fingerprint density at radius 1 is 1.50 bits per heavy atom. The second kappa shape index (κ2) is 5.32. The standard InChI is InChI=1S/C12H16N6O2/c19-11(15-8-3-4-8)2-1-5-13-9-6-10-16-17-12(20)18(10)7-14-9/h6-8,13H,1-5H2,(H,15,19)(H,17,20). The van der Waals surface area contributed by atoms with Crippen LogP contribution in [-0.2, 0) is 4.79 Å². The first-order valence-electron chi connectivity index (χ1n) is 6.68. The Morgan fingerprint density at radius 3 is 3.15 bits per heavy atom. The van der Waals surface area contributed by atoms with E-state index in [-0.39, 0.29) is 11.6 Å². The molecular formula is C12H16N6O2. The molecule has 1 aliphatic rings. The summed E-state index contributed by atoms with van der Waals surface area (Å²) in [5.41, 5.74) is 0.203. The Kier molecular flexibility index (Phi) is 3.36. The highest BCUT2D eigenvalue weighted by Gasteiger charge is 2.22. The van der Waals surface area contributed by atoms with Crippen LogP contribution in [0.4, 0.5) is 5.82 Å². The first kappa shape index (κ1) is 12.6. The predicted molar refractivity (Wildman–Crippen MR) is 72.5 cm³/mol. The number of fused-ring (bicyclic) bond motifs is 1. The monoisotopic (exact) mass is 276 g/mol. The summed E-state index contributed by atoms with van der Waals surface area (Å²) in [5.74, 6) is 0.746. The van der Waals surface area contributed by atoms with Gasteiger partial charge in [-0.15, -0.1) is 0 Å². The maximum absolute atomic E-state index is 11.5. The number of hydrogen-bond acceptors (Lipinski definition) is 5. The van der Waals surface area contributed by atoms with Crippen molar-refractivity contribution in [3.63, 3.8) is 0 Å². The first-order valence-corrected chi connectivity index (χ1v) is 6.68. The molecule has 0 unspecified atom stereocenters. The molecule has 1 amide bonds. The average Bonchev–Trinajstić information content (AvgIpc) is 3.18. The van der Waals surface area contributed by atoms with Gasteiger partial charge < -0.3 is 10.6 Å². The fourth-order valence-electron chi connectivity index (χ4n) is 1.90. The normalized spacial score (nSPS) is 14.4. The summed E-state index contributed by atoms with van der Waals surface area (Å²) in [6.07, 6.45) is 4.88. The summed E-state index contributed by atoms with van der Waals surface area (Å²) >= 11 is 0. The minimum atomic E-state index is -0.309. The molecule has 0 aliphatic heterocycles. The summed E-state index contributed by atoms with van der Waals surface area (Å²) < 4.78 is 1.33. The van der Waals surface area contributed by atoms with Crippen molar-refractivity contribution in [3.05, 3.63) is 22.9 Å². The van der Waals surface area contributed by atoms with Gasteiger partial charge in [-0.3, -0.25) is 4.79 Å². The Bertz CT molecular complexity index is 672. The Balaban J connectivity index is 1.46. The third kappa shape index (κ3) is 2.95. The highest BCUT2D eigenvalue weighted by atomic mass is 16.2. The molecule has 3 rings (SSSR count). The van der Waals surface area contributed by atoms with Crippen LogP contribution < -0.4 is 16.3 Å². The number of carbonyl (C=O) groups excluding carboxylic acids is 1. The van der Waals surface area contributed by atoms with E-state index in [9.17, 15) is 9.59 Å². The van der Waals surface area contributed by atoms with Crippen molar-refractivity contribution >= 4 is 17.4 Å². The average molecular weight is 276 g/mol. The molecule has 3 N–H and O–H groups in total. The quantitative estimate of drug-likeness (QED) is 0.638. The zero-order valence-electron chi connectivity index (χ0n) is 10.9. The van der Waals surface area contributed by atoms with Gasteiger partial charge in [0.1, 0.15) is 12.1 Å². The van der Waals surface area contributed by atoms with E-state index in [2.05, 4.69) is 25.8 Å². The third-order valence-corrected chi connectivity index (χ3v) is 3.14. The van der Waals surface area contributed by atoms with Gasteiger partial charge in [-0.25, -0.2) is 19.3 Å². The molecule has 1 saturated carbocycles. The van der Waals surface area contributed by atoms with Crippen LogP contribution in [0.5, 0.6) is 0 Å². The van der Waals surface area contributed by atoms with Crippen molar-refractivity contribution in [2.24, 2.45) is 0 Å². The summed E-state index contributed by atoms with van der Waals surface area (Å²) in [5, 5.41) is 12.3. The SMILES string of the molecule is O=C(CCCNc1cc2n[nH]c(=O)n2cn1)NC1CC1. The van der Waals surface area contributed by atoms with Gasteiger partial charge in [0.05, 0.1) is 0 Å². The second-order valence-corrected chi connectivity index (χ2v) is 4.90. The van der Waals surface area contributed by atoms with E-state index in [0.29, 0.717) is 30.5 Å². The molecule has 2 heterocycles. The molecule has 2 aromatic heterocycles. The highest BCUT2D eigenvalue weighted by Crippen LogP contribution is 2.18. The number of anilines is 1.